The highest BCUT2D eigenvalue weighted by molar-refractivity contribution is 5.87. The van der Waals surface area contributed by atoms with Crippen molar-refractivity contribution in [3.8, 4) is 5.69 Å². The fourth-order valence-corrected chi connectivity index (χ4v) is 1.33. The third-order valence-corrected chi connectivity index (χ3v) is 2.09. The van der Waals surface area contributed by atoms with Crippen LogP contribution in [0.2, 0.25) is 0 Å². The summed E-state index contributed by atoms with van der Waals surface area (Å²) in [4.78, 5) is 26.0. The van der Waals surface area contributed by atoms with Crippen LogP contribution in [0.5, 0.6) is 0 Å². The Kier molecular flexibility index (Phi) is 2.91. The van der Waals surface area contributed by atoms with E-state index in [0.29, 0.717) is 5.69 Å². The van der Waals surface area contributed by atoms with Gasteiger partial charge in [-0.1, -0.05) is 18.2 Å². The number of amides is 2. The van der Waals surface area contributed by atoms with E-state index in [0.717, 1.165) is 0 Å². The molecule has 2 amide bonds. The number of rotatable bonds is 2. The summed E-state index contributed by atoms with van der Waals surface area (Å²) >= 11 is 0. The second-order valence-electron chi connectivity index (χ2n) is 3.23. The molecule has 2 aromatic rings. The quantitative estimate of drug-likeness (QED) is 0.697. The largest absolute Gasteiger partial charge is 0.363 e. The van der Waals surface area contributed by atoms with Gasteiger partial charge in [0.2, 0.25) is 5.95 Å². The van der Waals surface area contributed by atoms with Gasteiger partial charge in [-0.3, -0.25) is 5.32 Å². The minimum atomic E-state index is -0.528. The molecule has 0 unspecified atom stereocenters. The summed E-state index contributed by atoms with van der Waals surface area (Å²) in [7, 11) is 1.48. The fourth-order valence-electron chi connectivity index (χ4n) is 1.33. The number of carbonyl (C=O) groups excluding carboxylic acids is 1. The molecule has 3 N–H and O–H groups in total. The summed E-state index contributed by atoms with van der Waals surface area (Å²) in [6.45, 7) is 0. The number of nitrogens with zero attached hydrogens (tertiary/aromatic N) is 2. The third-order valence-electron chi connectivity index (χ3n) is 2.09. The normalized spacial score (nSPS) is 9.94. The molecule has 0 fully saturated rings. The van der Waals surface area contributed by atoms with Crippen LogP contribution in [-0.2, 0) is 0 Å². The summed E-state index contributed by atoms with van der Waals surface area (Å²) in [6, 6.07) is 8.61. The first-order chi connectivity index (χ1) is 8.20. The number of anilines is 1. The van der Waals surface area contributed by atoms with Gasteiger partial charge >= 0.3 is 11.7 Å². The molecular weight excluding hydrogens is 222 g/mol. The highest BCUT2D eigenvalue weighted by atomic mass is 16.2. The lowest BCUT2D eigenvalue weighted by Crippen LogP contribution is -2.26. The zero-order valence-electron chi connectivity index (χ0n) is 9.10. The molecule has 17 heavy (non-hydrogen) atoms. The number of urea groups is 1. The van der Waals surface area contributed by atoms with Crippen molar-refractivity contribution in [2.75, 3.05) is 12.4 Å². The minimum Gasteiger partial charge on any atom is -0.341 e. The number of hydrogen-bond acceptors (Lipinski definition) is 3. The molecular formula is C10H11N5O2. The lowest BCUT2D eigenvalue weighted by molar-refractivity contribution is 0.253. The zero-order valence-corrected chi connectivity index (χ0v) is 9.10. The van der Waals surface area contributed by atoms with Crippen molar-refractivity contribution in [2.24, 2.45) is 0 Å². The number of nitrogens with one attached hydrogen (secondary N) is 3. The highest BCUT2D eigenvalue weighted by Gasteiger charge is 2.09. The average Bonchev–Trinajstić information content (AvgIpc) is 2.71. The Morgan fingerprint density at radius 3 is 2.71 bits per heavy atom. The maximum absolute atomic E-state index is 11.2. The molecule has 0 aliphatic rings. The first-order valence-corrected chi connectivity index (χ1v) is 4.94. The molecule has 0 aliphatic carbocycles. The van der Waals surface area contributed by atoms with Gasteiger partial charge in [-0.15, -0.1) is 0 Å². The summed E-state index contributed by atoms with van der Waals surface area (Å²) in [6.07, 6.45) is 0. The monoisotopic (exact) mass is 233 g/mol. The molecule has 1 aromatic heterocycles. The van der Waals surface area contributed by atoms with E-state index in [2.05, 4.69) is 20.7 Å². The zero-order chi connectivity index (χ0) is 12.3. The van der Waals surface area contributed by atoms with E-state index in [4.69, 9.17) is 0 Å². The van der Waals surface area contributed by atoms with Gasteiger partial charge < -0.3 is 5.32 Å². The van der Waals surface area contributed by atoms with Crippen LogP contribution in [0.4, 0.5) is 10.7 Å². The second-order valence-corrected chi connectivity index (χ2v) is 3.23. The van der Waals surface area contributed by atoms with Gasteiger partial charge in [0.15, 0.2) is 0 Å². The van der Waals surface area contributed by atoms with E-state index in [9.17, 15) is 9.59 Å². The predicted molar refractivity (Wildman–Crippen MR) is 62.3 cm³/mol. The molecule has 0 atom stereocenters. The fraction of sp³-hybridized carbons (Fsp3) is 0.100. The van der Waals surface area contributed by atoms with E-state index in [1.54, 1.807) is 12.1 Å². The van der Waals surface area contributed by atoms with E-state index >= 15 is 0 Å². The third kappa shape index (κ3) is 2.33. The van der Waals surface area contributed by atoms with Crippen molar-refractivity contribution in [2.45, 2.75) is 0 Å². The van der Waals surface area contributed by atoms with Crippen LogP contribution in [0.25, 0.3) is 5.69 Å². The van der Waals surface area contributed by atoms with Crippen molar-refractivity contribution in [1.82, 2.24) is 20.1 Å². The van der Waals surface area contributed by atoms with Gasteiger partial charge in [0.25, 0.3) is 0 Å². The van der Waals surface area contributed by atoms with Crippen molar-refractivity contribution < 1.29 is 4.79 Å². The lowest BCUT2D eigenvalue weighted by atomic mass is 10.3. The molecule has 1 aromatic carbocycles. The van der Waals surface area contributed by atoms with Crippen molar-refractivity contribution in [3.05, 3.63) is 40.8 Å². The molecule has 0 aliphatic heterocycles. The molecule has 0 saturated carbocycles. The number of aromatic amines is 1. The minimum absolute atomic E-state index is 0.139. The Balaban J connectivity index is 2.41. The summed E-state index contributed by atoms with van der Waals surface area (Å²) in [5, 5.41) is 7.33. The molecule has 7 nitrogen and oxygen atoms in total. The van der Waals surface area contributed by atoms with Crippen LogP contribution in [-0.4, -0.2) is 27.8 Å². The molecule has 2 rings (SSSR count). The molecule has 0 radical (unpaired) electrons. The Bertz CT molecular complexity index is 572. The number of aromatic nitrogens is 3. The molecule has 88 valence electrons. The SMILES string of the molecule is CNC(=O)Nc1nc(=O)[nH]n1-c1ccccc1. The molecule has 0 spiro atoms. The van der Waals surface area contributed by atoms with Gasteiger partial charge in [0.05, 0.1) is 5.69 Å². The summed E-state index contributed by atoms with van der Waals surface area (Å²) < 4.78 is 1.40. The average molecular weight is 233 g/mol. The molecule has 0 bridgehead atoms. The van der Waals surface area contributed by atoms with E-state index < -0.39 is 11.7 Å². The van der Waals surface area contributed by atoms with Crippen LogP contribution in [0.15, 0.2) is 35.1 Å². The summed E-state index contributed by atoms with van der Waals surface area (Å²) in [5.74, 6) is 0.139. The Morgan fingerprint density at radius 1 is 1.35 bits per heavy atom. The maximum Gasteiger partial charge on any atom is 0.363 e. The Hall–Kier alpha value is -2.57. The van der Waals surface area contributed by atoms with Gasteiger partial charge in [0.1, 0.15) is 0 Å². The molecule has 0 saturated heterocycles. The Labute approximate surface area is 96.5 Å². The first-order valence-electron chi connectivity index (χ1n) is 4.94. The van der Waals surface area contributed by atoms with Crippen molar-refractivity contribution in [1.29, 1.82) is 0 Å². The van der Waals surface area contributed by atoms with Crippen molar-refractivity contribution >= 4 is 12.0 Å². The van der Waals surface area contributed by atoms with Crippen LogP contribution in [0.3, 0.4) is 0 Å². The smallest absolute Gasteiger partial charge is 0.341 e. The van der Waals surface area contributed by atoms with Crippen LogP contribution in [0, 0.1) is 0 Å². The van der Waals surface area contributed by atoms with E-state index in [1.807, 2.05) is 18.2 Å². The predicted octanol–water partition coefficient (Wildman–Crippen LogP) is 0.312. The standard InChI is InChI=1S/C10H11N5O2/c1-11-9(16)12-8-13-10(17)14-15(8)7-5-3-2-4-6-7/h2-6H,1H3,(H3,11,12,13,14,16,17). The van der Waals surface area contributed by atoms with E-state index in [1.165, 1.54) is 11.7 Å². The first kappa shape index (κ1) is 10.9. The van der Waals surface area contributed by atoms with Crippen LogP contribution in [0.1, 0.15) is 0 Å². The maximum atomic E-state index is 11.2. The topological polar surface area (TPSA) is 91.8 Å². The Morgan fingerprint density at radius 2 is 2.06 bits per heavy atom. The molecule has 1 heterocycles. The molecule has 7 heteroatoms. The van der Waals surface area contributed by atoms with Crippen molar-refractivity contribution in [3.63, 3.8) is 0 Å². The van der Waals surface area contributed by atoms with E-state index in [-0.39, 0.29) is 5.95 Å². The number of carbonyl (C=O) groups is 1. The van der Waals surface area contributed by atoms with Gasteiger partial charge in [-0.2, -0.15) is 4.98 Å². The second kappa shape index (κ2) is 4.52. The van der Waals surface area contributed by atoms with Crippen LogP contribution < -0.4 is 16.3 Å². The number of hydrogen-bond donors (Lipinski definition) is 3. The van der Waals surface area contributed by atoms with Crippen LogP contribution >= 0.6 is 0 Å². The van der Waals surface area contributed by atoms with Gasteiger partial charge in [-0.05, 0) is 12.1 Å². The summed E-state index contributed by atoms with van der Waals surface area (Å²) in [5.41, 5.74) is 0.175. The number of benzene rings is 1. The number of para-hydroxylation sites is 1. The lowest BCUT2D eigenvalue weighted by Gasteiger charge is -2.06. The highest BCUT2D eigenvalue weighted by Crippen LogP contribution is 2.09. The van der Waals surface area contributed by atoms with Gasteiger partial charge in [0, 0.05) is 7.05 Å². The number of H-pyrrole nitrogens is 1. The van der Waals surface area contributed by atoms with Gasteiger partial charge in [-0.25, -0.2) is 19.4 Å².